The molecule has 2 N–H and O–H groups in total. The summed E-state index contributed by atoms with van der Waals surface area (Å²) in [6.07, 6.45) is 2.53. The van der Waals surface area contributed by atoms with Crippen LogP contribution in [0.3, 0.4) is 0 Å². The van der Waals surface area contributed by atoms with E-state index in [2.05, 4.69) is 21.2 Å². The van der Waals surface area contributed by atoms with Crippen LogP contribution in [0.4, 0.5) is 0 Å². The Balaban J connectivity index is 2.67. The van der Waals surface area contributed by atoms with Crippen LogP contribution >= 0.6 is 15.9 Å². The zero-order valence-corrected chi connectivity index (χ0v) is 11.9. The van der Waals surface area contributed by atoms with Crippen molar-refractivity contribution in [2.24, 2.45) is 0 Å². The van der Waals surface area contributed by atoms with E-state index in [1.54, 1.807) is 18.2 Å². The molecule has 0 saturated carbocycles. The van der Waals surface area contributed by atoms with Gasteiger partial charge in [-0.05, 0) is 46.6 Å². The lowest BCUT2D eigenvalue weighted by atomic mass is 10.2. The predicted molar refractivity (Wildman–Crippen MR) is 75.0 cm³/mol. The maximum absolute atomic E-state index is 11.2. The van der Waals surface area contributed by atoms with E-state index in [9.17, 15) is 9.59 Å². The van der Waals surface area contributed by atoms with Gasteiger partial charge >= 0.3 is 5.97 Å². The van der Waals surface area contributed by atoms with Crippen LogP contribution in [0, 0.1) is 0 Å². The van der Waals surface area contributed by atoms with Gasteiger partial charge in [0.25, 0.3) is 5.91 Å². The highest BCUT2D eigenvalue weighted by Gasteiger charge is 2.05. The van der Waals surface area contributed by atoms with Crippen molar-refractivity contribution in [2.75, 3.05) is 13.2 Å². The fourth-order valence-electron chi connectivity index (χ4n) is 1.30. The van der Waals surface area contributed by atoms with Gasteiger partial charge in [-0.25, -0.2) is 4.79 Å². The Morgan fingerprint density at radius 3 is 2.79 bits per heavy atom. The molecule has 0 fully saturated rings. The fourth-order valence-corrected chi connectivity index (χ4v) is 1.81. The van der Waals surface area contributed by atoms with Crippen molar-refractivity contribution in [1.82, 2.24) is 5.32 Å². The number of nitrogens with one attached hydrogen (secondary N) is 1. The van der Waals surface area contributed by atoms with Crippen LogP contribution in [-0.4, -0.2) is 30.1 Å². The van der Waals surface area contributed by atoms with Crippen molar-refractivity contribution in [3.8, 4) is 5.75 Å². The zero-order chi connectivity index (χ0) is 14.3. The summed E-state index contributed by atoms with van der Waals surface area (Å²) < 4.78 is 5.99. The van der Waals surface area contributed by atoms with Gasteiger partial charge in [-0.15, -0.1) is 0 Å². The first-order valence-electron chi connectivity index (χ1n) is 5.63. The number of benzene rings is 1. The van der Waals surface area contributed by atoms with E-state index in [-0.39, 0.29) is 12.5 Å². The van der Waals surface area contributed by atoms with Crippen molar-refractivity contribution in [1.29, 1.82) is 0 Å². The van der Waals surface area contributed by atoms with Gasteiger partial charge in [-0.1, -0.05) is 6.07 Å². The van der Waals surface area contributed by atoms with Gasteiger partial charge < -0.3 is 15.2 Å². The second-order valence-corrected chi connectivity index (χ2v) is 4.46. The first-order valence-corrected chi connectivity index (χ1v) is 6.42. The lowest BCUT2D eigenvalue weighted by Crippen LogP contribution is -2.28. The Hall–Kier alpha value is -1.82. The van der Waals surface area contributed by atoms with E-state index in [1.807, 2.05) is 6.92 Å². The molecule has 6 heteroatoms. The summed E-state index contributed by atoms with van der Waals surface area (Å²) in [5.41, 5.74) is 0.722. The van der Waals surface area contributed by atoms with Gasteiger partial charge in [0, 0.05) is 12.6 Å². The molecule has 0 atom stereocenters. The van der Waals surface area contributed by atoms with Gasteiger partial charge in [0.15, 0.2) is 6.61 Å². The van der Waals surface area contributed by atoms with E-state index < -0.39 is 5.97 Å². The second-order valence-electron chi connectivity index (χ2n) is 3.60. The number of carboxylic acids is 1. The Kier molecular flexibility index (Phi) is 6.08. The van der Waals surface area contributed by atoms with E-state index in [0.29, 0.717) is 16.8 Å². The van der Waals surface area contributed by atoms with Crippen molar-refractivity contribution < 1.29 is 19.4 Å². The molecule has 0 spiro atoms. The van der Waals surface area contributed by atoms with Crippen molar-refractivity contribution in [2.45, 2.75) is 6.92 Å². The number of carbonyl (C=O) groups excluding carboxylic acids is 1. The lowest BCUT2D eigenvalue weighted by Gasteiger charge is -2.08. The van der Waals surface area contributed by atoms with Crippen LogP contribution in [0.2, 0.25) is 0 Å². The first-order chi connectivity index (χ1) is 9.02. The number of amides is 1. The molecule has 0 aliphatic heterocycles. The molecule has 0 aliphatic rings. The minimum atomic E-state index is -1.01. The third kappa shape index (κ3) is 5.56. The van der Waals surface area contributed by atoms with Crippen LogP contribution in [0.15, 0.2) is 28.7 Å². The van der Waals surface area contributed by atoms with Crippen molar-refractivity contribution in [3.05, 3.63) is 34.3 Å². The maximum Gasteiger partial charge on any atom is 0.328 e. The lowest BCUT2D eigenvalue weighted by molar-refractivity contribution is -0.131. The van der Waals surface area contributed by atoms with E-state index >= 15 is 0 Å². The molecule has 0 bridgehead atoms. The predicted octanol–water partition coefficient (Wildman–Crippen LogP) is 2.06. The van der Waals surface area contributed by atoms with Gasteiger partial charge in [0.05, 0.1) is 4.47 Å². The van der Waals surface area contributed by atoms with Gasteiger partial charge in [0.2, 0.25) is 0 Å². The number of hydrogen-bond acceptors (Lipinski definition) is 3. The quantitative estimate of drug-likeness (QED) is 0.784. The third-order valence-electron chi connectivity index (χ3n) is 2.11. The Bertz CT molecular complexity index is 499. The largest absolute Gasteiger partial charge is 0.483 e. The Morgan fingerprint density at radius 2 is 2.21 bits per heavy atom. The second kappa shape index (κ2) is 7.58. The molecule has 102 valence electrons. The van der Waals surface area contributed by atoms with Crippen LogP contribution in [0.1, 0.15) is 12.5 Å². The average molecular weight is 328 g/mol. The minimum absolute atomic E-state index is 0.0588. The number of carboxylic acid groups (broad SMARTS) is 1. The maximum atomic E-state index is 11.2. The van der Waals surface area contributed by atoms with Crippen LogP contribution in [0.5, 0.6) is 5.75 Å². The molecule has 0 heterocycles. The Labute approximate surface area is 119 Å². The van der Waals surface area contributed by atoms with Crippen LogP contribution < -0.4 is 10.1 Å². The van der Waals surface area contributed by atoms with Crippen molar-refractivity contribution in [3.63, 3.8) is 0 Å². The van der Waals surface area contributed by atoms with E-state index in [4.69, 9.17) is 9.84 Å². The molecule has 1 rings (SSSR count). The van der Waals surface area contributed by atoms with E-state index in [1.165, 1.54) is 6.08 Å². The highest BCUT2D eigenvalue weighted by atomic mass is 79.9. The summed E-state index contributed by atoms with van der Waals surface area (Å²) in [6.45, 7) is 2.33. The summed E-state index contributed by atoms with van der Waals surface area (Å²) in [6, 6.07) is 5.09. The number of halogens is 1. The van der Waals surface area contributed by atoms with Gasteiger partial charge in [0.1, 0.15) is 5.75 Å². The highest BCUT2D eigenvalue weighted by molar-refractivity contribution is 9.10. The topological polar surface area (TPSA) is 75.6 Å². The number of likely N-dealkylation sites (N-methyl/N-ethyl adjacent to an activating group) is 1. The number of hydrogen-bond donors (Lipinski definition) is 2. The van der Waals surface area contributed by atoms with Crippen LogP contribution in [0.25, 0.3) is 6.08 Å². The molecule has 0 unspecified atom stereocenters. The zero-order valence-electron chi connectivity index (χ0n) is 10.4. The Morgan fingerprint density at radius 1 is 1.47 bits per heavy atom. The smallest absolute Gasteiger partial charge is 0.328 e. The number of rotatable bonds is 6. The van der Waals surface area contributed by atoms with Gasteiger partial charge in [-0.2, -0.15) is 0 Å². The highest BCUT2D eigenvalue weighted by Crippen LogP contribution is 2.26. The summed E-state index contributed by atoms with van der Waals surface area (Å²) in [7, 11) is 0. The SMILES string of the molecule is CCNC(=O)COc1ccc(C=CC(=O)O)cc1Br. The number of aliphatic carboxylic acids is 1. The molecule has 1 aromatic rings. The molecule has 0 aromatic heterocycles. The molecular weight excluding hydrogens is 314 g/mol. The first kappa shape index (κ1) is 15.2. The molecule has 1 aromatic carbocycles. The van der Waals surface area contributed by atoms with E-state index in [0.717, 1.165) is 11.6 Å². The fraction of sp³-hybridized carbons (Fsp3) is 0.231. The average Bonchev–Trinajstić information content (AvgIpc) is 2.35. The summed E-state index contributed by atoms with van der Waals surface area (Å²) in [5, 5.41) is 11.2. The summed E-state index contributed by atoms with van der Waals surface area (Å²) in [4.78, 5) is 21.6. The summed E-state index contributed by atoms with van der Waals surface area (Å²) in [5.74, 6) is -0.671. The molecule has 0 saturated heterocycles. The number of ether oxygens (including phenoxy) is 1. The molecule has 0 aliphatic carbocycles. The minimum Gasteiger partial charge on any atom is -0.483 e. The third-order valence-corrected chi connectivity index (χ3v) is 2.73. The van der Waals surface area contributed by atoms with Crippen LogP contribution in [-0.2, 0) is 9.59 Å². The normalized spacial score (nSPS) is 10.4. The van der Waals surface area contributed by atoms with Crippen molar-refractivity contribution >= 4 is 33.9 Å². The monoisotopic (exact) mass is 327 g/mol. The molecule has 1 amide bonds. The molecule has 19 heavy (non-hydrogen) atoms. The summed E-state index contributed by atoms with van der Waals surface area (Å²) >= 11 is 3.31. The molecule has 0 radical (unpaired) electrons. The number of carbonyl (C=O) groups is 2. The standard InChI is InChI=1S/C13H14BrNO4/c1-2-15-12(16)8-19-11-5-3-9(7-10(11)14)4-6-13(17)18/h3-7H,2,8H2,1H3,(H,15,16)(H,17,18). The molecule has 5 nitrogen and oxygen atoms in total. The molecular formula is C13H14BrNO4. The van der Waals surface area contributed by atoms with Gasteiger partial charge in [-0.3, -0.25) is 4.79 Å².